The molecule has 122 valence electrons. The minimum absolute atomic E-state index is 0.0705. The second-order valence-electron chi connectivity index (χ2n) is 6.14. The van der Waals surface area contributed by atoms with E-state index in [1.54, 1.807) is 6.07 Å². The molecule has 0 fully saturated rings. The molecule has 1 heterocycles. The van der Waals surface area contributed by atoms with Crippen LogP contribution in [0.15, 0.2) is 48.6 Å². The molecule has 2 aromatic carbocycles. The predicted molar refractivity (Wildman–Crippen MR) is 90.9 cm³/mol. The van der Waals surface area contributed by atoms with Crippen molar-refractivity contribution >= 4 is 23.0 Å². The van der Waals surface area contributed by atoms with Gasteiger partial charge in [-0.15, -0.1) is 0 Å². The monoisotopic (exact) mass is 344 g/mol. The summed E-state index contributed by atoms with van der Waals surface area (Å²) in [7, 11) is 0. The number of hydrogen-bond donors (Lipinski definition) is 1. The first-order valence-electron chi connectivity index (χ1n) is 7.71. The van der Waals surface area contributed by atoms with Gasteiger partial charge in [-0.25, -0.2) is 4.39 Å². The fourth-order valence-corrected chi connectivity index (χ4v) is 4.06. The molecule has 0 saturated heterocycles. The molecule has 4 nitrogen and oxygen atoms in total. The lowest BCUT2D eigenvalue weighted by molar-refractivity contribution is -0.385. The van der Waals surface area contributed by atoms with Crippen LogP contribution < -0.4 is 5.32 Å². The van der Waals surface area contributed by atoms with Gasteiger partial charge in [0.25, 0.3) is 5.69 Å². The number of fused-ring (bicyclic) bond motifs is 3. The van der Waals surface area contributed by atoms with E-state index in [2.05, 4.69) is 5.32 Å². The van der Waals surface area contributed by atoms with Crippen LogP contribution in [-0.4, -0.2) is 4.92 Å². The zero-order chi connectivity index (χ0) is 16.8. The van der Waals surface area contributed by atoms with Gasteiger partial charge >= 0.3 is 0 Å². The molecule has 4 rings (SSSR count). The normalized spacial score (nSPS) is 24.2. The number of halogens is 2. The smallest absolute Gasteiger partial charge is 0.275 e. The third-order valence-electron chi connectivity index (χ3n) is 4.85. The molecule has 3 atom stereocenters. The molecule has 0 radical (unpaired) electrons. The zero-order valence-corrected chi connectivity index (χ0v) is 13.3. The van der Waals surface area contributed by atoms with Gasteiger partial charge in [0, 0.05) is 12.0 Å². The van der Waals surface area contributed by atoms with Crippen molar-refractivity contribution in [2.45, 2.75) is 18.4 Å². The topological polar surface area (TPSA) is 55.2 Å². The molecule has 1 aliphatic heterocycles. The Bertz CT molecular complexity index is 868. The molecule has 6 heteroatoms. The van der Waals surface area contributed by atoms with Crippen molar-refractivity contribution in [1.82, 2.24) is 0 Å². The average molecular weight is 345 g/mol. The lowest BCUT2D eigenvalue weighted by Gasteiger charge is -2.37. The highest BCUT2D eigenvalue weighted by Gasteiger charge is 2.42. The molecule has 1 N–H and O–H groups in total. The molecular formula is C18H14ClFN2O2. The third-order valence-corrected chi connectivity index (χ3v) is 5.17. The molecular weight excluding hydrogens is 331 g/mol. The summed E-state index contributed by atoms with van der Waals surface area (Å²) >= 11 is 6.31. The standard InChI is InChI=1S/C18H14ClFN2O2/c19-14-7-8-15(22(23)24)16-12-5-2-6-13(12)17(21-18(14)16)10-3-1-4-11(20)9-10/h1-5,7-9,12-13,17,21H,6H2/t12-,13+,17-/m1/s1. The Labute approximate surface area is 143 Å². The van der Waals surface area contributed by atoms with Crippen molar-refractivity contribution in [3.63, 3.8) is 0 Å². The van der Waals surface area contributed by atoms with Crippen LogP contribution in [0.1, 0.15) is 29.5 Å². The van der Waals surface area contributed by atoms with Gasteiger partial charge in [0.05, 0.1) is 27.2 Å². The SMILES string of the molecule is O=[N+]([O-])c1ccc(Cl)c2c1[C@@H]1C=CC[C@@H]1[C@@H](c1cccc(F)c1)N2. The van der Waals surface area contributed by atoms with E-state index in [-0.39, 0.29) is 34.3 Å². The molecule has 24 heavy (non-hydrogen) atoms. The summed E-state index contributed by atoms with van der Waals surface area (Å²) in [4.78, 5) is 11.1. The molecule has 2 aliphatic rings. The van der Waals surface area contributed by atoms with Gasteiger partial charge < -0.3 is 5.32 Å². The third kappa shape index (κ3) is 2.27. The number of benzene rings is 2. The summed E-state index contributed by atoms with van der Waals surface area (Å²) in [6.07, 6.45) is 4.81. The fraction of sp³-hybridized carbons (Fsp3) is 0.222. The van der Waals surface area contributed by atoms with E-state index in [0.717, 1.165) is 12.0 Å². The number of hydrogen-bond acceptors (Lipinski definition) is 3. The van der Waals surface area contributed by atoms with Crippen LogP contribution in [-0.2, 0) is 0 Å². The van der Waals surface area contributed by atoms with E-state index in [9.17, 15) is 14.5 Å². The molecule has 0 bridgehead atoms. The highest BCUT2D eigenvalue weighted by Crippen LogP contribution is 2.54. The summed E-state index contributed by atoms with van der Waals surface area (Å²) in [5.74, 6) is -0.308. The zero-order valence-electron chi connectivity index (χ0n) is 12.6. The number of anilines is 1. The average Bonchev–Trinajstić information content (AvgIpc) is 3.04. The molecule has 0 amide bonds. The van der Waals surface area contributed by atoms with E-state index in [4.69, 9.17) is 11.6 Å². The first-order valence-corrected chi connectivity index (χ1v) is 8.09. The van der Waals surface area contributed by atoms with Gasteiger partial charge in [0.1, 0.15) is 5.82 Å². The Morgan fingerprint density at radius 3 is 2.88 bits per heavy atom. The summed E-state index contributed by atoms with van der Waals surface area (Å²) < 4.78 is 13.7. The second-order valence-corrected chi connectivity index (χ2v) is 6.55. The fourth-order valence-electron chi connectivity index (χ4n) is 3.84. The van der Waals surface area contributed by atoms with Crippen molar-refractivity contribution < 1.29 is 9.31 Å². The van der Waals surface area contributed by atoms with Crippen LogP contribution >= 0.6 is 11.6 Å². The summed E-state index contributed by atoms with van der Waals surface area (Å²) in [6.45, 7) is 0. The number of rotatable bonds is 2. The Hall–Kier alpha value is -2.40. The van der Waals surface area contributed by atoms with Crippen molar-refractivity contribution in [3.8, 4) is 0 Å². The van der Waals surface area contributed by atoms with E-state index < -0.39 is 0 Å². The van der Waals surface area contributed by atoms with Gasteiger partial charge in [-0.05, 0) is 36.1 Å². The van der Waals surface area contributed by atoms with Crippen molar-refractivity contribution in [2.75, 3.05) is 5.32 Å². The maximum atomic E-state index is 13.7. The van der Waals surface area contributed by atoms with E-state index >= 15 is 0 Å². The van der Waals surface area contributed by atoms with Crippen LogP contribution in [0, 0.1) is 21.8 Å². The lowest BCUT2D eigenvalue weighted by atomic mass is 9.76. The largest absolute Gasteiger partial charge is 0.376 e. The number of nitro benzene ring substituents is 1. The quantitative estimate of drug-likeness (QED) is 0.462. The van der Waals surface area contributed by atoms with Crippen molar-refractivity contribution in [3.05, 3.63) is 80.6 Å². The highest BCUT2D eigenvalue weighted by atomic mass is 35.5. The van der Waals surface area contributed by atoms with Crippen LogP contribution in [0.4, 0.5) is 15.8 Å². The summed E-state index contributed by atoms with van der Waals surface area (Å²) in [6, 6.07) is 9.29. The molecule has 0 saturated carbocycles. The molecule has 0 unspecified atom stereocenters. The molecule has 0 aromatic heterocycles. The van der Waals surface area contributed by atoms with Crippen LogP contribution in [0.25, 0.3) is 0 Å². The van der Waals surface area contributed by atoms with Gasteiger partial charge in [0.15, 0.2) is 0 Å². The molecule has 1 aliphatic carbocycles. The minimum Gasteiger partial charge on any atom is -0.376 e. The Balaban J connectivity index is 1.88. The van der Waals surface area contributed by atoms with E-state index in [0.29, 0.717) is 16.3 Å². The summed E-state index contributed by atoms with van der Waals surface area (Å²) in [5.41, 5.74) is 2.09. The molecule has 2 aromatic rings. The Morgan fingerprint density at radius 1 is 1.29 bits per heavy atom. The van der Waals surface area contributed by atoms with E-state index in [1.165, 1.54) is 24.3 Å². The number of nitro groups is 1. The number of nitrogens with zero attached hydrogens (tertiary/aromatic N) is 1. The van der Waals surface area contributed by atoms with Gasteiger partial charge in [0.2, 0.25) is 0 Å². The minimum atomic E-state index is -0.372. The molecule has 0 spiro atoms. The Morgan fingerprint density at radius 2 is 2.12 bits per heavy atom. The first kappa shape index (κ1) is 15.1. The Kier molecular flexibility index (Phi) is 3.53. The van der Waals surface area contributed by atoms with Crippen LogP contribution in [0.3, 0.4) is 0 Å². The van der Waals surface area contributed by atoms with Crippen molar-refractivity contribution in [1.29, 1.82) is 0 Å². The van der Waals surface area contributed by atoms with Crippen molar-refractivity contribution in [2.24, 2.45) is 5.92 Å². The lowest BCUT2D eigenvalue weighted by Crippen LogP contribution is -2.30. The van der Waals surface area contributed by atoms with Gasteiger partial charge in [-0.1, -0.05) is 35.9 Å². The predicted octanol–water partition coefficient (Wildman–Crippen LogP) is 5.21. The van der Waals surface area contributed by atoms with Gasteiger partial charge in [-0.3, -0.25) is 10.1 Å². The number of nitrogens with one attached hydrogen (secondary N) is 1. The number of allylic oxidation sites excluding steroid dienone is 2. The van der Waals surface area contributed by atoms with Gasteiger partial charge in [-0.2, -0.15) is 0 Å². The highest BCUT2D eigenvalue weighted by molar-refractivity contribution is 6.33. The van der Waals surface area contributed by atoms with Crippen LogP contribution in [0.2, 0.25) is 5.02 Å². The van der Waals surface area contributed by atoms with Crippen LogP contribution in [0.5, 0.6) is 0 Å². The second kappa shape index (κ2) is 5.60. The van der Waals surface area contributed by atoms with E-state index in [1.807, 2.05) is 18.2 Å². The summed E-state index contributed by atoms with van der Waals surface area (Å²) in [5, 5.41) is 15.2. The maximum absolute atomic E-state index is 13.7. The first-order chi connectivity index (χ1) is 11.6. The maximum Gasteiger partial charge on any atom is 0.275 e.